The molecule has 3 aromatic rings. The third kappa shape index (κ3) is 7.01. The number of carbonyl (C=O) groups is 1. The van der Waals surface area contributed by atoms with Crippen LogP contribution in [0.4, 0.5) is 33.6 Å². The molecule has 7 nitrogen and oxygen atoms in total. The van der Waals surface area contributed by atoms with Crippen molar-refractivity contribution in [2.24, 2.45) is 5.92 Å². The van der Waals surface area contributed by atoms with Gasteiger partial charge in [0.2, 0.25) is 0 Å². The zero-order valence-corrected chi connectivity index (χ0v) is 20.0. The number of nitrogens with zero attached hydrogens (tertiary/aromatic N) is 4. The first kappa shape index (κ1) is 26.5. The monoisotopic (exact) mass is 523 g/mol. The smallest absolute Gasteiger partial charge is 0.475 e. The van der Waals surface area contributed by atoms with Crippen LogP contribution in [0.2, 0.25) is 0 Å². The maximum Gasteiger partial charge on any atom is 0.490 e. The Morgan fingerprint density at radius 2 is 1.76 bits per heavy atom. The lowest BCUT2D eigenvalue weighted by Gasteiger charge is -2.33. The second-order valence-electron chi connectivity index (χ2n) is 9.30. The van der Waals surface area contributed by atoms with Crippen molar-refractivity contribution >= 4 is 28.6 Å². The summed E-state index contributed by atoms with van der Waals surface area (Å²) in [5.41, 5.74) is 3.18. The maximum atomic E-state index is 14.0. The lowest BCUT2D eigenvalue weighted by atomic mass is 9.90. The van der Waals surface area contributed by atoms with Crippen LogP contribution in [0.1, 0.15) is 36.9 Å². The van der Waals surface area contributed by atoms with Crippen molar-refractivity contribution in [2.45, 2.75) is 51.2 Å². The van der Waals surface area contributed by atoms with Crippen LogP contribution in [0.3, 0.4) is 0 Å². The number of carboxylic acids is 1. The number of carboxylic acid groups (broad SMARTS) is 1. The average molecular weight is 524 g/mol. The molecule has 0 amide bonds. The normalized spacial score (nSPS) is 16.3. The van der Waals surface area contributed by atoms with E-state index in [1.54, 1.807) is 12.3 Å². The van der Waals surface area contributed by atoms with Crippen molar-refractivity contribution in [3.8, 4) is 0 Å². The van der Waals surface area contributed by atoms with E-state index in [4.69, 9.17) is 19.9 Å². The van der Waals surface area contributed by atoms with E-state index >= 15 is 0 Å². The van der Waals surface area contributed by atoms with Crippen LogP contribution < -0.4 is 10.2 Å². The Labute approximate surface area is 209 Å². The summed E-state index contributed by atoms with van der Waals surface area (Å²) in [6.07, 6.45) is 1.54. The van der Waals surface area contributed by atoms with Crippen LogP contribution in [0, 0.1) is 24.5 Å². The summed E-state index contributed by atoms with van der Waals surface area (Å²) in [5, 5.41) is 10.7. The van der Waals surface area contributed by atoms with Crippen molar-refractivity contribution in [1.82, 2.24) is 15.0 Å². The van der Waals surface area contributed by atoms with Crippen LogP contribution in [0.5, 0.6) is 0 Å². The number of rotatable bonds is 5. The third-order valence-corrected chi connectivity index (χ3v) is 6.27. The fourth-order valence-corrected chi connectivity index (χ4v) is 4.14. The van der Waals surface area contributed by atoms with E-state index in [-0.39, 0.29) is 0 Å². The van der Waals surface area contributed by atoms with Crippen LogP contribution >= 0.6 is 0 Å². The molecule has 5 rings (SSSR count). The van der Waals surface area contributed by atoms with E-state index in [1.807, 2.05) is 13.0 Å². The molecule has 37 heavy (non-hydrogen) atoms. The Hall–Kier alpha value is -3.57. The van der Waals surface area contributed by atoms with Gasteiger partial charge in [0.05, 0.1) is 11.7 Å². The number of anilines is 2. The predicted octanol–water partition coefficient (Wildman–Crippen LogP) is 5.28. The highest BCUT2D eigenvalue weighted by Gasteiger charge is 2.38. The Kier molecular flexibility index (Phi) is 7.74. The zero-order valence-electron chi connectivity index (χ0n) is 20.0. The van der Waals surface area contributed by atoms with Crippen molar-refractivity contribution in [3.05, 3.63) is 53.4 Å². The van der Waals surface area contributed by atoms with E-state index in [2.05, 4.69) is 15.2 Å². The van der Waals surface area contributed by atoms with Crippen molar-refractivity contribution in [3.63, 3.8) is 0 Å². The van der Waals surface area contributed by atoms with Gasteiger partial charge in [-0.05, 0) is 62.6 Å². The number of pyridine rings is 1. The number of benzene rings is 1. The fraction of sp³-hybridized carbons (Fsp3) is 0.440. The standard InChI is InChI=1S/C23H25F2N5.C2HF3O2/c1-14-10-20-21(13-26-14)29-23(22(28-20)27-18-4-5-18)30-8-6-15(7-9-30)11-16-2-3-17(24)12-19(16)25;3-2(4,5)1(6)7/h2-3,10,12-13,15,18H,4-9,11H2,1H3,(H,27,28);(H,6,7). The SMILES string of the molecule is Cc1cc2nc(NC3CC3)c(N3CCC(Cc4ccc(F)cc4F)CC3)nc2cn1.O=C(O)C(F)(F)F. The summed E-state index contributed by atoms with van der Waals surface area (Å²) < 4.78 is 58.9. The maximum absolute atomic E-state index is 14.0. The fourth-order valence-electron chi connectivity index (χ4n) is 4.14. The highest BCUT2D eigenvalue weighted by Crippen LogP contribution is 2.33. The molecule has 0 atom stereocenters. The molecule has 1 aliphatic carbocycles. The molecule has 2 N–H and O–H groups in total. The number of aliphatic carboxylic acids is 1. The summed E-state index contributed by atoms with van der Waals surface area (Å²) in [6, 6.07) is 6.33. The van der Waals surface area contributed by atoms with Gasteiger partial charge >= 0.3 is 12.1 Å². The van der Waals surface area contributed by atoms with Crippen LogP contribution in [-0.4, -0.2) is 51.3 Å². The molecule has 1 aromatic carbocycles. The molecule has 2 aromatic heterocycles. The zero-order chi connectivity index (χ0) is 26.7. The van der Waals surface area contributed by atoms with Gasteiger partial charge in [0.1, 0.15) is 17.2 Å². The minimum Gasteiger partial charge on any atom is -0.475 e. The number of fused-ring (bicyclic) bond motifs is 1. The predicted molar refractivity (Wildman–Crippen MR) is 127 cm³/mol. The van der Waals surface area contributed by atoms with Gasteiger partial charge in [-0.25, -0.2) is 23.5 Å². The second-order valence-corrected chi connectivity index (χ2v) is 9.30. The van der Waals surface area contributed by atoms with Gasteiger partial charge in [-0.2, -0.15) is 13.2 Å². The number of hydrogen-bond acceptors (Lipinski definition) is 6. The number of nitrogens with one attached hydrogen (secondary N) is 1. The third-order valence-electron chi connectivity index (χ3n) is 6.27. The largest absolute Gasteiger partial charge is 0.490 e. The first-order chi connectivity index (χ1) is 17.5. The summed E-state index contributed by atoms with van der Waals surface area (Å²) in [4.78, 5) is 25.3. The number of halogens is 5. The molecule has 1 saturated carbocycles. The van der Waals surface area contributed by atoms with Gasteiger partial charge in [0.15, 0.2) is 11.6 Å². The van der Waals surface area contributed by atoms with Crippen LogP contribution in [-0.2, 0) is 11.2 Å². The summed E-state index contributed by atoms with van der Waals surface area (Å²) in [7, 11) is 0. The molecule has 0 spiro atoms. The lowest BCUT2D eigenvalue weighted by molar-refractivity contribution is -0.192. The van der Waals surface area contributed by atoms with Gasteiger partial charge in [-0.1, -0.05) is 6.07 Å². The lowest BCUT2D eigenvalue weighted by Crippen LogP contribution is -2.35. The van der Waals surface area contributed by atoms with E-state index < -0.39 is 23.8 Å². The molecule has 3 heterocycles. The molecular formula is C25H26F5N5O2. The van der Waals surface area contributed by atoms with Crippen LogP contribution in [0.15, 0.2) is 30.5 Å². The summed E-state index contributed by atoms with van der Waals surface area (Å²) in [6.45, 7) is 3.64. The highest BCUT2D eigenvalue weighted by atomic mass is 19.4. The molecular weight excluding hydrogens is 497 g/mol. The number of aromatic nitrogens is 3. The highest BCUT2D eigenvalue weighted by molar-refractivity contribution is 5.80. The van der Waals surface area contributed by atoms with Crippen molar-refractivity contribution in [1.29, 1.82) is 0 Å². The first-order valence-electron chi connectivity index (χ1n) is 11.9. The van der Waals surface area contributed by atoms with Crippen molar-refractivity contribution in [2.75, 3.05) is 23.3 Å². The van der Waals surface area contributed by atoms with Crippen molar-refractivity contribution < 1.29 is 31.9 Å². The number of piperidine rings is 1. The minimum absolute atomic E-state index is 0.374. The molecule has 1 aliphatic heterocycles. The van der Waals surface area contributed by atoms with E-state index in [0.717, 1.165) is 60.4 Å². The van der Waals surface area contributed by atoms with E-state index in [0.29, 0.717) is 23.9 Å². The first-order valence-corrected chi connectivity index (χ1v) is 11.9. The quantitative estimate of drug-likeness (QED) is 0.440. The average Bonchev–Trinajstić information content (AvgIpc) is 3.65. The second kappa shape index (κ2) is 10.8. The molecule has 1 saturated heterocycles. The molecule has 0 bridgehead atoms. The minimum atomic E-state index is -5.08. The Balaban J connectivity index is 0.000000405. The van der Waals surface area contributed by atoms with E-state index in [9.17, 15) is 22.0 Å². The number of aryl methyl sites for hydroxylation is 1. The van der Waals surface area contributed by atoms with Gasteiger partial charge < -0.3 is 15.3 Å². The molecule has 12 heteroatoms. The van der Waals surface area contributed by atoms with Gasteiger partial charge in [0.25, 0.3) is 0 Å². The number of alkyl halides is 3. The summed E-state index contributed by atoms with van der Waals surface area (Å²) in [5.74, 6) is -1.63. The molecule has 2 fully saturated rings. The molecule has 0 radical (unpaired) electrons. The number of hydrogen-bond donors (Lipinski definition) is 2. The Morgan fingerprint density at radius 1 is 1.08 bits per heavy atom. The van der Waals surface area contributed by atoms with Gasteiger partial charge in [-0.15, -0.1) is 0 Å². The molecule has 0 unspecified atom stereocenters. The Morgan fingerprint density at radius 3 is 2.35 bits per heavy atom. The van der Waals surface area contributed by atoms with Gasteiger partial charge in [-0.3, -0.25) is 4.98 Å². The van der Waals surface area contributed by atoms with Gasteiger partial charge in [0, 0.05) is 30.9 Å². The molecule has 2 aliphatic rings. The summed E-state index contributed by atoms with van der Waals surface area (Å²) >= 11 is 0. The molecule has 198 valence electrons. The van der Waals surface area contributed by atoms with E-state index in [1.165, 1.54) is 18.9 Å². The van der Waals surface area contributed by atoms with Crippen LogP contribution in [0.25, 0.3) is 11.0 Å². The topological polar surface area (TPSA) is 91.2 Å². The Bertz CT molecular complexity index is 1270.